The first-order valence-electron chi connectivity index (χ1n) is 6.45. The molecule has 0 aliphatic carbocycles. The fourth-order valence-electron chi connectivity index (χ4n) is 2.23. The number of nitrogens with zero attached hydrogens (tertiary/aromatic N) is 2. The molecule has 1 fully saturated rings. The number of hydrogen-bond donors (Lipinski definition) is 2. The maximum atomic E-state index is 11.3. The van der Waals surface area contributed by atoms with Crippen molar-refractivity contribution in [1.82, 2.24) is 9.97 Å². The Morgan fingerprint density at radius 1 is 1.35 bits per heavy atom. The van der Waals surface area contributed by atoms with Gasteiger partial charge in [0.05, 0.1) is 24.5 Å². The van der Waals surface area contributed by atoms with Crippen molar-refractivity contribution >= 4 is 11.8 Å². The van der Waals surface area contributed by atoms with E-state index in [2.05, 4.69) is 9.97 Å². The molecule has 0 bridgehead atoms. The molecule has 1 aliphatic rings. The molecular weight excluding hydrogens is 258 g/mol. The quantitative estimate of drug-likeness (QED) is 0.888. The van der Waals surface area contributed by atoms with Crippen molar-refractivity contribution in [2.75, 3.05) is 31.2 Å². The van der Waals surface area contributed by atoms with Crippen LogP contribution >= 0.6 is 0 Å². The number of morpholine rings is 1. The zero-order valence-corrected chi connectivity index (χ0v) is 10.9. The standard InChI is InChI=1S/C14H15N3O3/c18-14(19)11-7-12(10-1-2-15-9-10)16-13(8-11)17-3-5-20-6-4-17/h1-2,7-9,15H,3-6H2,(H,18,19). The Labute approximate surface area is 116 Å². The molecule has 6 nitrogen and oxygen atoms in total. The van der Waals surface area contributed by atoms with Crippen molar-refractivity contribution in [2.24, 2.45) is 0 Å². The molecule has 2 aromatic rings. The molecule has 0 radical (unpaired) electrons. The number of carboxylic acid groups (broad SMARTS) is 1. The summed E-state index contributed by atoms with van der Waals surface area (Å²) in [6.07, 6.45) is 3.59. The first-order chi connectivity index (χ1) is 9.74. The minimum absolute atomic E-state index is 0.248. The topological polar surface area (TPSA) is 78.4 Å². The predicted molar refractivity (Wildman–Crippen MR) is 74.0 cm³/mol. The van der Waals surface area contributed by atoms with Gasteiger partial charge in [0.15, 0.2) is 0 Å². The fourth-order valence-corrected chi connectivity index (χ4v) is 2.23. The van der Waals surface area contributed by atoms with E-state index >= 15 is 0 Å². The highest BCUT2D eigenvalue weighted by Gasteiger charge is 2.16. The van der Waals surface area contributed by atoms with Gasteiger partial charge in [0, 0.05) is 31.0 Å². The smallest absolute Gasteiger partial charge is 0.335 e. The lowest BCUT2D eigenvalue weighted by atomic mass is 10.1. The van der Waals surface area contributed by atoms with Gasteiger partial charge in [-0.2, -0.15) is 0 Å². The number of nitrogens with one attached hydrogen (secondary N) is 1. The number of aromatic amines is 1. The van der Waals surface area contributed by atoms with Crippen LogP contribution in [0.1, 0.15) is 10.4 Å². The van der Waals surface area contributed by atoms with Gasteiger partial charge in [0.1, 0.15) is 5.82 Å². The first kappa shape index (κ1) is 12.7. The van der Waals surface area contributed by atoms with Gasteiger partial charge < -0.3 is 19.7 Å². The molecule has 2 aromatic heterocycles. The maximum absolute atomic E-state index is 11.3. The number of rotatable bonds is 3. The molecule has 1 saturated heterocycles. The van der Waals surface area contributed by atoms with Gasteiger partial charge in [0.2, 0.25) is 0 Å². The number of carboxylic acids is 1. The van der Waals surface area contributed by atoms with E-state index in [4.69, 9.17) is 4.74 Å². The van der Waals surface area contributed by atoms with Crippen LogP contribution in [-0.4, -0.2) is 47.3 Å². The molecule has 3 heterocycles. The Morgan fingerprint density at radius 2 is 2.15 bits per heavy atom. The number of pyridine rings is 1. The second kappa shape index (κ2) is 5.34. The van der Waals surface area contributed by atoms with Gasteiger partial charge >= 0.3 is 5.97 Å². The highest BCUT2D eigenvalue weighted by molar-refractivity contribution is 5.90. The molecule has 6 heteroatoms. The van der Waals surface area contributed by atoms with Crippen LogP contribution in [0, 0.1) is 0 Å². The van der Waals surface area contributed by atoms with Crippen LogP contribution < -0.4 is 4.90 Å². The summed E-state index contributed by atoms with van der Waals surface area (Å²) in [7, 11) is 0. The summed E-state index contributed by atoms with van der Waals surface area (Å²) in [5, 5.41) is 9.25. The van der Waals surface area contributed by atoms with Gasteiger partial charge in [-0.05, 0) is 18.2 Å². The van der Waals surface area contributed by atoms with Gasteiger partial charge in [-0.3, -0.25) is 0 Å². The largest absolute Gasteiger partial charge is 0.478 e. The lowest BCUT2D eigenvalue weighted by Crippen LogP contribution is -2.36. The number of anilines is 1. The Hall–Kier alpha value is -2.34. The van der Waals surface area contributed by atoms with Crippen molar-refractivity contribution in [3.63, 3.8) is 0 Å². The van der Waals surface area contributed by atoms with Gasteiger partial charge in [-0.1, -0.05) is 0 Å². The van der Waals surface area contributed by atoms with Crippen molar-refractivity contribution in [3.05, 3.63) is 36.2 Å². The molecule has 0 spiro atoms. The normalized spacial score (nSPS) is 15.3. The molecule has 0 aromatic carbocycles. The summed E-state index contributed by atoms with van der Waals surface area (Å²) in [5.74, 6) is -0.261. The van der Waals surface area contributed by atoms with Crippen LogP contribution in [0.15, 0.2) is 30.6 Å². The lowest BCUT2D eigenvalue weighted by Gasteiger charge is -2.28. The summed E-state index contributed by atoms with van der Waals surface area (Å²) in [4.78, 5) is 20.9. The molecule has 20 heavy (non-hydrogen) atoms. The highest BCUT2D eigenvalue weighted by atomic mass is 16.5. The lowest BCUT2D eigenvalue weighted by molar-refractivity contribution is 0.0697. The molecule has 0 amide bonds. The van der Waals surface area contributed by atoms with Gasteiger partial charge in [-0.25, -0.2) is 9.78 Å². The SMILES string of the molecule is O=C(O)c1cc(-c2cc[nH]c2)nc(N2CCOCC2)c1. The van der Waals surface area contributed by atoms with E-state index in [1.54, 1.807) is 24.5 Å². The van der Waals surface area contributed by atoms with Crippen LogP contribution in [0.4, 0.5) is 5.82 Å². The van der Waals surface area contributed by atoms with E-state index in [0.717, 1.165) is 18.7 Å². The summed E-state index contributed by atoms with van der Waals surface area (Å²) in [5.41, 5.74) is 1.79. The highest BCUT2D eigenvalue weighted by Crippen LogP contribution is 2.23. The van der Waals surface area contributed by atoms with Crippen LogP contribution in [0.3, 0.4) is 0 Å². The van der Waals surface area contributed by atoms with E-state index in [-0.39, 0.29) is 5.56 Å². The fraction of sp³-hybridized carbons (Fsp3) is 0.286. The Balaban J connectivity index is 2.02. The van der Waals surface area contributed by atoms with E-state index in [1.165, 1.54) is 0 Å². The van der Waals surface area contributed by atoms with E-state index in [1.807, 2.05) is 11.0 Å². The second-order valence-electron chi connectivity index (χ2n) is 4.60. The van der Waals surface area contributed by atoms with Crippen LogP contribution in [0.25, 0.3) is 11.3 Å². The zero-order chi connectivity index (χ0) is 13.9. The average molecular weight is 273 g/mol. The van der Waals surface area contributed by atoms with Crippen LogP contribution in [0.2, 0.25) is 0 Å². The monoisotopic (exact) mass is 273 g/mol. The number of H-pyrrole nitrogens is 1. The van der Waals surface area contributed by atoms with E-state index in [0.29, 0.717) is 24.7 Å². The van der Waals surface area contributed by atoms with Crippen molar-refractivity contribution in [3.8, 4) is 11.3 Å². The molecule has 2 N–H and O–H groups in total. The summed E-state index contributed by atoms with van der Waals surface area (Å²) >= 11 is 0. The number of carbonyl (C=O) groups is 1. The first-order valence-corrected chi connectivity index (χ1v) is 6.45. The third-order valence-corrected chi connectivity index (χ3v) is 3.29. The molecule has 0 saturated carbocycles. The zero-order valence-electron chi connectivity index (χ0n) is 10.9. The Bertz CT molecular complexity index is 604. The number of hydrogen-bond acceptors (Lipinski definition) is 4. The molecule has 3 rings (SSSR count). The minimum Gasteiger partial charge on any atom is -0.478 e. The van der Waals surface area contributed by atoms with Gasteiger partial charge in [0.25, 0.3) is 0 Å². The van der Waals surface area contributed by atoms with E-state index < -0.39 is 5.97 Å². The molecular formula is C14H15N3O3. The number of ether oxygens (including phenoxy) is 1. The number of aromatic nitrogens is 2. The van der Waals surface area contributed by atoms with Crippen molar-refractivity contribution < 1.29 is 14.6 Å². The van der Waals surface area contributed by atoms with E-state index in [9.17, 15) is 9.90 Å². The third-order valence-electron chi connectivity index (χ3n) is 3.29. The molecule has 104 valence electrons. The van der Waals surface area contributed by atoms with Crippen molar-refractivity contribution in [2.45, 2.75) is 0 Å². The van der Waals surface area contributed by atoms with Crippen molar-refractivity contribution in [1.29, 1.82) is 0 Å². The molecule has 1 aliphatic heterocycles. The minimum atomic E-state index is -0.946. The Kier molecular flexibility index (Phi) is 3.39. The van der Waals surface area contributed by atoms with Gasteiger partial charge in [-0.15, -0.1) is 0 Å². The maximum Gasteiger partial charge on any atom is 0.335 e. The molecule has 0 unspecified atom stereocenters. The molecule has 0 atom stereocenters. The third kappa shape index (κ3) is 2.50. The Morgan fingerprint density at radius 3 is 2.80 bits per heavy atom. The summed E-state index contributed by atoms with van der Waals surface area (Å²) in [6.45, 7) is 2.72. The van der Waals surface area contributed by atoms with Crippen LogP contribution in [-0.2, 0) is 4.74 Å². The summed E-state index contributed by atoms with van der Waals surface area (Å²) in [6, 6.07) is 5.08. The summed E-state index contributed by atoms with van der Waals surface area (Å²) < 4.78 is 5.31. The predicted octanol–water partition coefficient (Wildman–Crippen LogP) is 1.61. The number of aromatic carboxylic acids is 1. The second-order valence-corrected chi connectivity index (χ2v) is 4.60. The van der Waals surface area contributed by atoms with Crippen LogP contribution in [0.5, 0.6) is 0 Å². The average Bonchev–Trinajstić information content (AvgIpc) is 3.02.